The maximum Gasteiger partial charge on any atom is 0.277 e. The van der Waals surface area contributed by atoms with Crippen LogP contribution >= 0.6 is 0 Å². The molecule has 1 heterocycles. The Labute approximate surface area is 71.0 Å². The van der Waals surface area contributed by atoms with Crippen LogP contribution in [0.15, 0.2) is 17.3 Å². The normalized spacial score (nSPS) is 10.2. The molecular formula is C8H13N3O. The van der Waals surface area contributed by atoms with E-state index in [0.29, 0.717) is 5.56 Å². The van der Waals surface area contributed by atoms with Crippen LogP contribution in [0.25, 0.3) is 0 Å². The lowest BCUT2D eigenvalue weighted by molar-refractivity contribution is 0.650. The van der Waals surface area contributed by atoms with E-state index in [1.54, 1.807) is 12.5 Å². The Bertz CT molecular complexity index is 305. The second-order valence-corrected chi connectivity index (χ2v) is 2.65. The molecule has 0 aliphatic rings. The van der Waals surface area contributed by atoms with Crippen molar-refractivity contribution >= 4 is 0 Å². The van der Waals surface area contributed by atoms with E-state index in [2.05, 4.69) is 11.9 Å². The molecule has 4 heteroatoms. The summed E-state index contributed by atoms with van der Waals surface area (Å²) in [5, 5.41) is 0. The average molecular weight is 167 g/mol. The summed E-state index contributed by atoms with van der Waals surface area (Å²) < 4.78 is 1.88. The molecule has 0 aliphatic carbocycles. The molecule has 0 radical (unpaired) electrons. The number of aromatic nitrogens is 2. The average Bonchev–Trinajstić information content (AvgIpc) is 2.09. The molecule has 66 valence electrons. The second-order valence-electron chi connectivity index (χ2n) is 2.65. The van der Waals surface area contributed by atoms with E-state index in [9.17, 15) is 4.79 Å². The minimum absolute atomic E-state index is 0.218. The summed E-state index contributed by atoms with van der Waals surface area (Å²) in [6, 6.07) is 0. The van der Waals surface area contributed by atoms with Gasteiger partial charge >= 0.3 is 0 Å². The molecule has 0 fully saturated rings. The Kier molecular flexibility index (Phi) is 2.99. The third kappa shape index (κ3) is 1.92. The van der Waals surface area contributed by atoms with E-state index in [1.807, 2.05) is 4.57 Å². The first-order valence-electron chi connectivity index (χ1n) is 4.03. The lowest BCUT2D eigenvalue weighted by atomic mass is 10.3. The maximum atomic E-state index is 11.0. The van der Waals surface area contributed by atoms with Gasteiger partial charge in [-0.1, -0.05) is 6.92 Å². The predicted molar refractivity (Wildman–Crippen MR) is 46.7 cm³/mol. The van der Waals surface area contributed by atoms with Gasteiger partial charge in [-0.15, -0.1) is 0 Å². The fraction of sp³-hybridized carbons (Fsp3) is 0.500. The van der Waals surface area contributed by atoms with Gasteiger partial charge in [0.2, 0.25) is 0 Å². The summed E-state index contributed by atoms with van der Waals surface area (Å²) in [7, 11) is 0. The standard InChI is InChI=1S/C8H13N3O/c1-2-3-11-5-7(4-9)8(12)10-6-11/h5-6H,2-4,9H2,1H3. The summed E-state index contributed by atoms with van der Waals surface area (Å²) in [5.74, 6) is 0. The summed E-state index contributed by atoms with van der Waals surface area (Å²) in [5.41, 5.74) is 5.72. The Morgan fingerprint density at radius 2 is 2.42 bits per heavy atom. The molecule has 0 saturated carbocycles. The van der Waals surface area contributed by atoms with E-state index in [4.69, 9.17) is 5.73 Å². The highest BCUT2D eigenvalue weighted by Gasteiger charge is 1.97. The fourth-order valence-electron chi connectivity index (χ4n) is 1.02. The Hall–Kier alpha value is -1.16. The zero-order valence-electron chi connectivity index (χ0n) is 7.16. The molecule has 0 spiro atoms. The summed E-state index contributed by atoms with van der Waals surface area (Å²) in [6.07, 6.45) is 4.33. The van der Waals surface area contributed by atoms with Crippen molar-refractivity contribution in [2.75, 3.05) is 0 Å². The van der Waals surface area contributed by atoms with Gasteiger partial charge in [0, 0.05) is 24.8 Å². The molecule has 1 aromatic rings. The van der Waals surface area contributed by atoms with Gasteiger partial charge in [-0.3, -0.25) is 4.79 Å². The number of rotatable bonds is 3. The van der Waals surface area contributed by atoms with Gasteiger partial charge < -0.3 is 10.3 Å². The van der Waals surface area contributed by atoms with Crippen molar-refractivity contribution in [2.45, 2.75) is 26.4 Å². The van der Waals surface area contributed by atoms with Crippen molar-refractivity contribution in [3.63, 3.8) is 0 Å². The lowest BCUT2D eigenvalue weighted by Crippen LogP contribution is -2.18. The van der Waals surface area contributed by atoms with E-state index < -0.39 is 0 Å². The molecule has 4 nitrogen and oxygen atoms in total. The summed E-state index contributed by atoms with van der Waals surface area (Å²) >= 11 is 0. The molecule has 0 aromatic carbocycles. The van der Waals surface area contributed by atoms with Crippen LogP contribution in [0, 0.1) is 0 Å². The number of nitrogens with zero attached hydrogens (tertiary/aromatic N) is 2. The van der Waals surface area contributed by atoms with Gasteiger partial charge in [0.1, 0.15) is 0 Å². The van der Waals surface area contributed by atoms with E-state index in [-0.39, 0.29) is 12.1 Å². The number of hydrogen-bond acceptors (Lipinski definition) is 3. The Morgan fingerprint density at radius 3 is 3.00 bits per heavy atom. The zero-order chi connectivity index (χ0) is 8.97. The first-order valence-corrected chi connectivity index (χ1v) is 4.03. The topological polar surface area (TPSA) is 60.9 Å². The van der Waals surface area contributed by atoms with E-state index in [0.717, 1.165) is 13.0 Å². The van der Waals surface area contributed by atoms with Crippen molar-refractivity contribution in [2.24, 2.45) is 5.73 Å². The highest BCUT2D eigenvalue weighted by Crippen LogP contribution is 1.91. The zero-order valence-corrected chi connectivity index (χ0v) is 7.16. The minimum atomic E-state index is -0.218. The van der Waals surface area contributed by atoms with Crippen LogP contribution in [-0.4, -0.2) is 9.55 Å². The third-order valence-electron chi connectivity index (χ3n) is 1.62. The van der Waals surface area contributed by atoms with Gasteiger partial charge in [0.25, 0.3) is 5.56 Å². The molecule has 0 aliphatic heterocycles. The summed E-state index contributed by atoms with van der Waals surface area (Å²) in [6.45, 7) is 3.21. The van der Waals surface area contributed by atoms with Crippen molar-refractivity contribution in [3.8, 4) is 0 Å². The molecule has 1 aromatic heterocycles. The Balaban J connectivity index is 2.97. The molecule has 0 bridgehead atoms. The predicted octanol–water partition coefficient (Wildman–Crippen LogP) is 0.112. The van der Waals surface area contributed by atoms with Gasteiger partial charge in [0.05, 0.1) is 6.33 Å². The fourth-order valence-corrected chi connectivity index (χ4v) is 1.02. The van der Waals surface area contributed by atoms with Crippen LogP contribution in [0.4, 0.5) is 0 Å². The van der Waals surface area contributed by atoms with Crippen LogP contribution < -0.4 is 11.3 Å². The molecule has 0 amide bonds. The van der Waals surface area contributed by atoms with Gasteiger partial charge in [0.15, 0.2) is 0 Å². The van der Waals surface area contributed by atoms with Crippen LogP contribution in [0.3, 0.4) is 0 Å². The van der Waals surface area contributed by atoms with E-state index >= 15 is 0 Å². The van der Waals surface area contributed by atoms with Crippen molar-refractivity contribution < 1.29 is 0 Å². The van der Waals surface area contributed by atoms with Crippen LogP contribution in [0.1, 0.15) is 18.9 Å². The maximum absolute atomic E-state index is 11.0. The molecule has 12 heavy (non-hydrogen) atoms. The molecule has 0 unspecified atom stereocenters. The highest BCUT2D eigenvalue weighted by atomic mass is 16.1. The smallest absolute Gasteiger partial charge is 0.277 e. The first-order chi connectivity index (χ1) is 5.77. The van der Waals surface area contributed by atoms with Gasteiger partial charge in [-0.2, -0.15) is 4.98 Å². The largest absolute Gasteiger partial charge is 0.338 e. The minimum Gasteiger partial charge on any atom is -0.338 e. The lowest BCUT2D eigenvalue weighted by Gasteiger charge is -2.03. The first kappa shape index (κ1) is 8.93. The van der Waals surface area contributed by atoms with Crippen molar-refractivity contribution in [1.82, 2.24) is 9.55 Å². The van der Waals surface area contributed by atoms with Crippen LogP contribution in [0.5, 0.6) is 0 Å². The van der Waals surface area contributed by atoms with Crippen molar-refractivity contribution in [3.05, 3.63) is 28.4 Å². The van der Waals surface area contributed by atoms with Crippen LogP contribution in [0.2, 0.25) is 0 Å². The third-order valence-corrected chi connectivity index (χ3v) is 1.62. The number of hydrogen-bond donors (Lipinski definition) is 1. The molecule has 0 saturated heterocycles. The molecule has 1 rings (SSSR count). The monoisotopic (exact) mass is 167 g/mol. The molecule has 2 N–H and O–H groups in total. The number of aryl methyl sites for hydroxylation is 1. The number of nitrogens with two attached hydrogens (primary N) is 1. The second kappa shape index (κ2) is 4.01. The van der Waals surface area contributed by atoms with Gasteiger partial charge in [-0.05, 0) is 6.42 Å². The van der Waals surface area contributed by atoms with E-state index in [1.165, 1.54) is 0 Å². The van der Waals surface area contributed by atoms with Crippen molar-refractivity contribution in [1.29, 1.82) is 0 Å². The molecule has 0 atom stereocenters. The summed E-state index contributed by atoms with van der Waals surface area (Å²) in [4.78, 5) is 14.7. The Morgan fingerprint density at radius 1 is 1.67 bits per heavy atom. The van der Waals surface area contributed by atoms with Crippen LogP contribution in [-0.2, 0) is 13.1 Å². The SMILES string of the molecule is CCCn1cnc(=O)c(CN)c1. The quantitative estimate of drug-likeness (QED) is 0.695. The highest BCUT2D eigenvalue weighted by molar-refractivity contribution is 5.03. The van der Waals surface area contributed by atoms with Gasteiger partial charge in [-0.25, -0.2) is 0 Å². The molecular weight excluding hydrogens is 154 g/mol.